The first kappa shape index (κ1) is 7.46. The van der Waals surface area contributed by atoms with Gasteiger partial charge < -0.3 is 5.21 Å². The summed E-state index contributed by atoms with van der Waals surface area (Å²) in [6.07, 6.45) is 2.98. The molecule has 0 bridgehead atoms. The lowest BCUT2D eigenvalue weighted by molar-refractivity contribution is 0.322. The van der Waals surface area contributed by atoms with Gasteiger partial charge in [0.15, 0.2) is 0 Å². The minimum absolute atomic E-state index is 0.794. The highest BCUT2D eigenvalue weighted by Gasteiger charge is 1.87. The van der Waals surface area contributed by atoms with Crippen LogP contribution in [-0.2, 0) is 0 Å². The van der Waals surface area contributed by atoms with Crippen molar-refractivity contribution in [1.29, 1.82) is 0 Å². The van der Waals surface area contributed by atoms with E-state index in [4.69, 9.17) is 5.21 Å². The van der Waals surface area contributed by atoms with E-state index < -0.39 is 0 Å². The summed E-state index contributed by atoms with van der Waals surface area (Å²) in [6, 6.07) is 3.67. The molecule has 52 valence electrons. The number of pyridine rings is 1. The van der Waals surface area contributed by atoms with Crippen LogP contribution in [0.5, 0.6) is 0 Å². The molecule has 0 aromatic carbocycles. The average molecular weight is 248 g/mol. The van der Waals surface area contributed by atoms with Crippen molar-refractivity contribution in [3.05, 3.63) is 27.6 Å². The van der Waals surface area contributed by atoms with Crippen molar-refractivity contribution < 1.29 is 5.21 Å². The lowest BCUT2D eigenvalue weighted by atomic mass is 10.3. The van der Waals surface area contributed by atoms with Crippen LogP contribution in [0.25, 0.3) is 0 Å². The predicted octanol–water partition coefficient (Wildman–Crippen LogP) is 1.49. The van der Waals surface area contributed by atoms with Crippen LogP contribution in [0.4, 0.5) is 0 Å². The maximum absolute atomic E-state index is 8.13. The predicted molar refractivity (Wildman–Crippen MR) is 46.3 cm³/mol. The Hall–Kier alpha value is -0.650. The van der Waals surface area contributed by atoms with Gasteiger partial charge in [0.2, 0.25) is 0 Å². The molecule has 0 saturated carbocycles. The molecule has 1 aromatic heterocycles. The van der Waals surface area contributed by atoms with Crippen molar-refractivity contribution in [3.8, 4) is 0 Å². The van der Waals surface area contributed by atoms with Gasteiger partial charge in [-0.1, -0.05) is 5.16 Å². The Kier molecular flexibility index (Phi) is 2.61. The highest BCUT2D eigenvalue weighted by molar-refractivity contribution is 14.1. The van der Waals surface area contributed by atoms with E-state index >= 15 is 0 Å². The van der Waals surface area contributed by atoms with Crippen molar-refractivity contribution in [2.75, 3.05) is 0 Å². The summed E-state index contributed by atoms with van der Waals surface area (Å²) in [4.78, 5) is 3.98. The molecule has 10 heavy (non-hydrogen) atoms. The molecule has 1 N–H and O–H groups in total. The summed E-state index contributed by atoms with van der Waals surface area (Å²) in [6.45, 7) is 0. The maximum Gasteiger partial charge on any atom is 0.101 e. The van der Waals surface area contributed by atoms with Crippen molar-refractivity contribution >= 4 is 28.8 Å². The zero-order chi connectivity index (χ0) is 7.40. The van der Waals surface area contributed by atoms with Gasteiger partial charge >= 0.3 is 0 Å². The van der Waals surface area contributed by atoms with E-state index in [1.807, 2.05) is 12.1 Å². The topological polar surface area (TPSA) is 45.5 Å². The highest BCUT2D eigenvalue weighted by atomic mass is 127. The quantitative estimate of drug-likeness (QED) is 0.269. The molecule has 0 spiro atoms. The molecule has 0 amide bonds. The first-order chi connectivity index (χ1) is 4.83. The molecule has 0 aliphatic rings. The Morgan fingerprint density at radius 3 is 2.90 bits per heavy atom. The van der Waals surface area contributed by atoms with E-state index in [0.29, 0.717) is 0 Å². The van der Waals surface area contributed by atoms with Crippen molar-refractivity contribution in [2.24, 2.45) is 5.16 Å². The first-order valence-electron chi connectivity index (χ1n) is 2.62. The fraction of sp³-hybridized carbons (Fsp3) is 0. The van der Waals surface area contributed by atoms with E-state index in [9.17, 15) is 0 Å². The number of aromatic nitrogens is 1. The van der Waals surface area contributed by atoms with Gasteiger partial charge in [0.25, 0.3) is 0 Å². The van der Waals surface area contributed by atoms with E-state index in [2.05, 4.69) is 32.7 Å². The monoisotopic (exact) mass is 248 g/mol. The zero-order valence-electron chi connectivity index (χ0n) is 5.03. The van der Waals surface area contributed by atoms with Gasteiger partial charge in [-0.25, -0.2) is 4.98 Å². The maximum atomic E-state index is 8.13. The van der Waals surface area contributed by atoms with Gasteiger partial charge in [-0.2, -0.15) is 0 Å². The Balaban J connectivity index is 2.89. The summed E-state index contributed by atoms with van der Waals surface area (Å²) >= 11 is 2.11. The van der Waals surface area contributed by atoms with Gasteiger partial charge in [-0.05, 0) is 34.7 Å². The summed E-state index contributed by atoms with van der Waals surface area (Å²) in [5.41, 5.74) is 0.794. The fourth-order valence-corrected chi connectivity index (χ4v) is 0.849. The number of hydrogen-bond donors (Lipinski definition) is 1. The van der Waals surface area contributed by atoms with Crippen LogP contribution in [-0.4, -0.2) is 16.4 Å². The van der Waals surface area contributed by atoms with Gasteiger partial charge in [0.1, 0.15) is 3.70 Å². The van der Waals surface area contributed by atoms with Crippen molar-refractivity contribution in [1.82, 2.24) is 4.98 Å². The number of halogens is 1. The molecule has 0 saturated heterocycles. The second kappa shape index (κ2) is 3.50. The minimum atomic E-state index is 0.794. The molecule has 1 aromatic rings. The van der Waals surface area contributed by atoms with Crippen molar-refractivity contribution in [3.63, 3.8) is 0 Å². The molecule has 0 radical (unpaired) electrons. The molecule has 0 fully saturated rings. The molecule has 1 heterocycles. The summed E-state index contributed by atoms with van der Waals surface area (Å²) < 4.78 is 0.924. The molecule has 0 unspecified atom stereocenters. The zero-order valence-corrected chi connectivity index (χ0v) is 7.19. The summed E-state index contributed by atoms with van der Waals surface area (Å²) in [7, 11) is 0. The molecular formula is C6H5IN2O. The van der Waals surface area contributed by atoms with Gasteiger partial charge in [0, 0.05) is 11.8 Å². The van der Waals surface area contributed by atoms with Crippen LogP contribution in [0, 0.1) is 3.70 Å². The largest absolute Gasteiger partial charge is 0.411 e. The third kappa shape index (κ3) is 1.94. The van der Waals surface area contributed by atoms with Crippen LogP contribution in [0.1, 0.15) is 5.56 Å². The Morgan fingerprint density at radius 1 is 1.60 bits per heavy atom. The number of nitrogens with zero attached hydrogens (tertiary/aromatic N) is 2. The third-order valence-electron chi connectivity index (χ3n) is 0.957. The minimum Gasteiger partial charge on any atom is -0.411 e. The standard InChI is InChI=1S/C6H5IN2O/c7-6-2-1-5(3-8-6)4-9-10/h1-4,10H/b9-4+. The van der Waals surface area contributed by atoms with Crippen LogP contribution >= 0.6 is 22.6 Å². The Labute approximate surface area is 71.9 Å². The van der Waals surface area contributed by atoms with Crippen LogP contribution in [0.3, 0.4) is 0 Å². The van der Waals surface area contributed by atoms with Gasteiger partial charge in [0.05, 0.1) is 6.21 Å². The molecule has 4 heteroatoms. The molecule has 0 aliphatic carbocycles. The Bertz CT molecular complexity index is 232. The lowest BCUT2D eigenvalue weighted by Crippen LogP contribution is -1.84. The van der Waals surface area contributed by atoms with E-state index in [1.54, 1.807) is 6.20 Å². The molecule has 1 rings (SSSR count). The second-order valence-corrected chi connectivity index (χ2v) is 2.76. The fourth-order valence-electron chi connectivity index (χ4n) is 0.530. The van der Waals surface area contributed by atoms with E-state index in [-0.39, 0.29) is 0 Å². The highest BCUT2D eigenvalue weighted by Crippen LogP contribution is 1.99. The SMILES string of the molecule is O/N=C/c1ccc(I)nc1. The van der Waals surface area contributed by atoms with Gasteiger partial charge in [-0.3, -0.25) is 0 Å². The molecular weight excluding hydrogens is 243 g/mol. The van der Waals surface area contributed by atoms with Crippen LogP contribution in [0.2, 0.25) is 0 Å². The normalized spacial score (nSPS) is 10.5. The molecule has 0 aliphatic heterocycles. The number of rotatable bonds is 1. The summed E-state index contributed by atoms with van der Waals surface area (Å²) in [5, 5.41) is 11.0. The van der Waals surface area contributed by atoms with Crippen LogP contribution < -0.4 is 0 Å². The van der Waals surface area contributed by atoms with Gasteiger partial charge in [-0.15, -0.1) is 0 Å². The smallest absolute Gasteiger partial charge is 0.101 e. The van der Waals surface area contributed by atoms with E-state index in [1.165, 1.54) is 6.21 Å². The van der Waals surface area contributed by atoms with Crippen molar-refractivity contribution in [2.45, 2.75) is 0 Å². The average Bonchev–Trinajstić information content (AvgIpc) is 1.95. The molecule has 3 nitrogen and oxygen atoms in total. The molecule has 0 atom stereocenters. The number of oxime groups is 1. The van der Waals surface area contributed by atoms with E-state index in [0.717, 1.165) is 9.26 Å². The summed E-state index contributed by atoms with van der Waals surface area (Å²) in [5.74, 6) is 0. The number of hydrogen-bond acceptors (Lipinski definition) is 3. The second-order valence-electron chi connectivity index (χ2n) is 1.66. The Morgan fingerprint density at radius 2 is 2.40 bits per heavy atom. The van der Waals surface area contributed by atoms with Crippen LogP contribution in [0.15, 0.2) is 23.5 Å². The lowest BCUT2D eigenvalue weighted by Gasteiger charge is -1.89. The first-order valence-corrected chi connectivity index (χ1v) is 3.70. The third-order valence-corrected chi connectivity index (χ3v) is 1.60.